The zero-order valence-electron chi connectivity index (χ0n) is 12.1. The van der Waals surface area contributed by atoms with Crippen LogP contribution in [0.2, 0.25) is 0 Å². The molecule has 20 heavy (non-hydrogen) atoms. The van der Waals surface area contributed by atoms with Gasteiger partial charge < -0.3 is 10.6 Å². The number of nitrogen functional groups attached to an aromatic ring is 1. The van der Waals surface area contributed by atoms with E-state index in [-0.39, 0.29) is 5.91 Å². The Labute approximate surface area is 129 Å². The van der Waals surface area contributed by atoms with Gasteiger partial charge in [0.25, 0.3) is 0 Å². The van der Waals surface area contributed by atoms with Gasteiger partial charge in [-0.15, -0.1) is 0 Å². The van der Waals surface area contributed by atoms with Gasteiger partial charge in [-0.05, 0) is 42.5 Å². The summed E-state index contributed by atoms with van der Waals surface area (Å²) in [5.74, 6) is 0.990. The first-order chi connectivity index (χ1) is 9.58. The predicted molar refractivity (Wildman–Crippen MR) is 86.2 cm³/mol. The molecule has 1 amide bonds. The quantitative estimate of drug-likeness (QED) is 0.844. The van der Waals surface area contributed by atoms with Gasteiger partial charge in [0, 0.05) is 29.7 Å². The Morgan fingerprint density at radius 1 is 1.35 bits per heavy atom. The van der Waals surface area contributed by atoms with Gasteiger partial charge in [0.15, 0.2) is 0 Å². The summed E-state index contributed by atoms with van der Waals surface area (Å²) in [5.41, 5.74) is 7.69. The van der Waals surface area contributed by atoms with Crippen LogP contribution in [0.5, 0.6) is 0 Å². The minimum absolute atomic E-state index is 0.280. The third-order valence-electron chi connectivity index (χ3n) is 3.98. The number of anilines is 1. The molecule has 1 heterocycles. The van der Waals surface area contributed by atoms with E-state index in [4.69, 9.17) is 5.73 Å². The lowest BCUT2D eigenvalue weighted by molar-refractivity contribution is -0.131. The van der Waals surface area contributed by atoms with Crippen LogP contribution in [0.4, 0.5) is 5.69 Å². The number of nitrogens with two attached hydrogens (primary N) is 1. The Morgan fingerprint density at radius 3 is 2.85 bits per heavy atom. The maximum Gasteiger partial charge on any atom is 0.222 e. The first-order valence-electron chi connectivity index (χ1n) is 7.41. The van der Waals surface area contributed by atoms with Crippen LogP contribution in [0.25, 0.3) is 0 Å². The van der Waals surface area contributed by atoms with Crippen molar-refractivity contribution in [3.05, 3.63) is 28.2 Å². The molecule has 0 radical (unpaired) electrons. The molecule has 1 aromatic carbocycles. The van der Waals surface area contributed by atoms with E-state index in [9.17, 15) is 4.79 Å². The summed E-state index contributed by atoms with van der Waals surface area (Å²) < 4.78 is 0.971. The van der Waals surface area contributed by atoms with Gasteiger partial charge in [-0.2, -0.15) is 0 Å². The molecule has 4 heteroatoms. The number of hydrogen-bond acceptors (Lipinski definition) is 2. The van der Waals surface area contributed by atoms with Crippen LogP contribution >= 0.6 is 15.9 Å². The minimum atomic E-state index is 0.280. The lowest BCUT2D eigenvalue weighted by Crippen LogP contribution is -2.29. The average Bonchev–Trinajstić information content (AvgIpc) is 2.53. The number of amides is 1. The summed E-state index contributed by atoms with van der Waals surface area (Å²) >= 11 is 3.45. The fraction of sp³-hybridized carbons (Fsp3) is 0.562. The molecule has 0 spiro atoms. The van der Waals surface area contributed by atoms with E-state index >= 15 is 0 Å². The second-order valence-corrected chi connectivity index (χ2v) is 6.61. The SMILES string of the molecule is CCCC1CCC(=O)N(Cc2cc(N)cc(Br)c2)CC1. The predicted octanol–water partition coefficient (Wildman–Crippen LogP) is 3.96. The Hall–Kier alpha value is -1.03. The van der Waals surface area contributed by atoms with Crippen molar-refractivity contribution in [3.8, 4) is 0 Å². The normalized spacial score (nSPS) is 20.0. The molecule has 1 fully saturated rings. The molecule has 1 aromatic rings. The Morgan fingerprint density at radius 2 is 2.15 bits per heavy atom. The molecule has 2 rings (SSSR count). The monoisotopic (exact) mass is 338 g/mol. The Kier molecular flexibility index (Phi) is 5.46. The number of halogens is 1. The smallest absolute Gasteiger partial charge is 0.222 e. The summed E-state index contributed by atoms with van der Waals surface area (Å²) in [4.78, 5) is 14.2. The zero-order chi connectivity index (χ0) is 14.5. The number of hydrogen-bond donors (Lipinski definition) is 1. The molecular formula is C16H23BrN2O. The van der Waals surface area contributed by atoms with Crippen molar-refractivity contribution in [3.63, 3.8) is 0 Å². The van der Waals surface area contributed by atoms with Gasteiger partial charge >= 0.3 is 0 Å². The molecule has 0 aliphatic carbocycles. The number of likely N-dealkylation sites (tertiary alicyclic amines) is 1. The lowest BCUT2D eigenvalue weighted by atomic mass is 9.96. The van der Waals surface area contributed by atoms with Gasteiger partial charge in [0.2, 0.25) is 5.91 Å². The molecule has 1 unspecified atom stereocenters. The lowest BCUT2D eigenvalue weighted by Gasteiger charge is -2.21. The van der Waals surface area contributed by atoms with Crippen LogP contribution in [0, 0.1) is 5.92 Å². The highest BCUT2D eigenvalue weighted by Gasteiger charge is 2.22. The summed E-state index contributed by atoms with van der Waals surface area (Å²) in [7, 11) is 0. The Balaban J connectivity index is 2.02. The highest BCUT2D eigenvalue weighted by molar-refractivity contribution is 9.10. The van der Waals surface area contributed by atoms with Crippen molar-refractivity contribution in [2.75, 3.05) is 12.3 Å². The van der Waals surface area contributed by atoms with E-state index in [1.54, 1.807) is 0 Å². The van der Waals surface area contributed by atoms with Crippen molar-refractivity contribution in [2.45, 2.75) is 45.6 Å². The maximum absolute atomic E-state index is 12.2. The molecule has 2 N–H and O–H groups in total. The fourth-order valence-electron chi connectivity index (χ4n) is 2.94. The summed E-state index contributed by atoms with van der Waals surface area (Å²) in [6, 6.07) is 5.87. The van der Waals surface area contributed by atoms with Gasteiger partial charge in [-0.25, -0.2) is 0 Å². The number of carbonyl (C=O) groups is 1. The van der Waals surface area contributed by atoms with Crippen LogP contribution in [-0.4, -0.2) is 17.4 Å². The number of nitrogens with zero attached hydrogens (tertiary/aromatic N) is 1. The van der Waals surface area contributed by atoms with Crippen molar-refractivity contribution in [2.24, 2.45) is 5.92 Å². The van der Waals surface area contributed by atoms with Crippen molar-refractivity contribution in [1.82, 2.24) is 4.90 Å². The highest BCUT2D eigenvalue weighted by Crippen LogP contribution is 2.25. The Bertz CT molecular complexity index is 455. The highest BCUT2D eigenvalue weighted by atomic mass is 79.9. The summed E-state index contributed by atoms with van der Waals surface area (Å²) in [6.45, 7) is 3.76. The number of carbonyl (C=O) groups excluding carboxylic acids is 1. The second kappa shape index (κ2) is 7.11. The van der Waals surface area contributed by atoms with E-state index in [2.05, 4.69) is 22.9 Å². The summed E-state index contributed by atoms with van der Waals surface area (Å²) in [5, 5.41) is 0. The number of benzene rings is 1. The van der Waals surface area contributed by atoms with E-state index in [1.165, 1.54) is 12.8 Å². The van der Waals surface area contributed by atoms with Crippen LogP contribution < -0.4 is 5.73 Å². The number of rotatable bonds is 4. The van der Waals surface area contributed by atoms with E-state index in [1.807, 2.05) is 23.1 Å². The maximum atomic E-state index is 12.2. The molecule has 1 aliphatic rings. The first kappa shape index (κ1) is 15.4. The molecule has 1 aliphatic heterocycles. The second-order valence-electron chi connectivity index (χ2n) is 5.69. The molecule has 3 nitrogen and oxygen atoms in total. The third-order valence-corrected chi connectivity index (χ3v) is 4.43. The van der Waals surface area contributed by atoms with Crippen LogP contribution in [0.3, 0.4) is 0 Å². The van der Waals surface area contributed by atoms with Gasteiger partial charge in [-0.3, -0.25) is 4.79 Å². The van der Waals surface area contributed by atoms with Crippen molar-refractivity contribution >= 4 is 27.5 Å². The molecular weight excluding hydrogens is 316 g/mol. The third kappa shape index (κ3) is 4.23. The first-order valence-corrected chi connectivity index (χ1v) is 8.20. The molecule has 0 bridgehead atoms. The molecule has 1 atom stereocenters. The minimum Gasteiger partial charge on any atom is -0.399 e. The van der Waals surface area contributed by atoms with Crippen molar-refractivity contribution in [1.29, 1.82) is 0 Å². The zero-order valence-corrected chi connectivity index (χ0v) is 13.7. The van der Waals surface area contributed by atoms with Gasteiger partial charge in [0.1, 0.15) is 0 Å². The largest absolute Gasteiger partial charge is 0.399 e. The molecule has 0 aromatic heterocycles. The molecule has 110 valence electrons. The standard InChI is InChI=1S/C16H23BrN2O/c1-2-3-12-4-5-16(20)19(7-6-12)11-13-8-14(17)10-15(18)9-13/h8-10,12H,2-7,11,18H2,1H3. The topological polar surface area (TPSA) is 46.3 Å². The fourth-order valence-corrected chi connectivity index (χ4v) is 3.50. The van der Waals surface area contributed by atoms with E-state index in [0.29, 0.717) is 18.9 Å². The average molecular weight is 339 g/mol. The van der Waals surface area contributed by atoms with Crippen LogP contribution in [-0.2, 0) is 11.3 Å². The summed E-state index contributed by atoms with van der Waals surface area (Å²) in [6.07, 6.45) is 5.31. The van der Waals surface area contributed by atoms with E-state index in [0.717, 1.165) is 35.1 Å². The molecule has 1 saturated heterocycles. The van der Waals surface area contributed by atoms with Crippen LogP contribution in [0.15, 0.2) is 22.7 Å². The molecule has 0 saturated carbocycles. The van der Waals surface area contributed by atoms with Gasteiger partial charge in [-0.1, -0.05) is 35.7 Å². The van der Waals surface area contributed by atoms with Crippen molar-refractivity contribution < 1.29 is 4.79 Å². The van der Waals surface area contributed by atoms with Gasteiger partial charge in [0.05, 0.1) is 0 Å². The van der Waals surface area contributed by atoms with Crippen LogP contribution in [0.1, 0.15) is 44.6 Å². The van der Waals surface area contributed by atoms with E-state index < -0.39 is 0 Å².